The van der Waals surface area contributed by atoms with E-state index in [2.05, 4.69) is 24.4 Å². The topological polar surface area (TPSA) is 115 Å². The fourth-order valence-corrected chi connectivity index (χ4v) is 1.79. The average Bonchev–Trinajstić information content (AvgIpc) is 2.60. The largest absolute Gasteiger partial charge is 0.527 e. The molecule has 0 heterocycles. The minimum atomic E-state index is -0.962. The molecular weight excluding hydrogens is 346 g/mol. The molecule has 0 bridgehead atoms. The van der Waals surface area contributed by atoms with E-state index in [4.69, 9.17) is 16.6 Å². The number of rotatable bonds is 11. The van der Waals surface area contributed by atoms with Gasteiger partial charge in [0.1, 0.15) is 18.5 Å². The van der Waals surface area contributed by atoms with Gasteiger partial charge in [-0.05, 0) is 25.9 Å². The molecule has 0 aromatic carbocycles. The Morgan fingerprint density at radius 2 is 1.42 bits per heavy atom. The quantitative estimate of drug-likeness (QED) is 0.316. The van der Waals surface area contributed by atoms with Crippen molar-refractivity contribution in [3.8, 4) is 0 Å². The summed E-state index contributed by atoms with van der Waals surface area (Å²) < 4.78 is 17.6. The van der Waals surface area contributed by atoms with Gasteiger partial charge in [0.05, 0.1) is 14.2 Å². The molecule has 0 rings (SSSR count). The maximum atomic E-state index is 11.0. The van der Waals surface area contributed by atoms with Crippen LogP contribution in [0, 0.1) is 0 Å². The van der Waals surface area contributed by atoms with Crippen LogP contribution in [0.1, 0.15) is 12.8 Å². The van der Waals surface area contributed by atoms with E-state index in [0.29, 0.717) is 45.6 Å². The highest BCUT2D eigenvalue weighted by molar-refractivity contribution is 6.12. The van der Waals surface area contributed by atoms with Crippen molar-refractivity contribution in [2.45, 2.75) is 12.8 Å². The molecule has 0 aliphatic carbocycles. The number of nitrogens with one attached hydrogen (secondary N) is 2. The van der Waals surface area contributed by atoms with E-state index in [1.807, 2.05) is 4.90 Å². The molecular formula is C13H24ClN3O7. The zero-order chi connectivity index (χ0) is 18.2. The number of halogens is 1. The highest BCUT2D eigenvalue weighted by atomic mass is 35.5. The van der Waals surface area contributed by atoms with Crippen LogP contribution in [0.3, 0.4) is 0 Å². The number of nitrogens with zero attached hydrogens (tertiary/aromatic N) is 1. The summed E-state index contributed by atoms with van der Waals surface area (Å²) in [6.45, 7) is 2.79. The van der Waals surface area contributed by atoms with Crippen LogP contribution in [-0.4, -0.2) is 76.8 Å². The molecule has 0 aromatic rings. The van der Waals surface area contributed by atoms with E-state index in [0.717, 1.165) is 0 Å². The molecule has 0 aliphatic heterocycles. The lowest BCUT2D eigenvalue weighted by Gasteiger charge is -2.22. The minimum Gasteiger partial charge on any atom is -0.453 e. The van der Waals surface area contributed by atoms with Crippen molar-refractivity contribution in [3.05, 3.63) is 0 Å². The van der Waals surface area contributed by atoms with Crippen molar-refractivity contribution in [2.75, 3.05) is 53.6 Å². The molecule has 2 N–H and O–H groups in total. The van der Waals surface area contributed by atoms with Gasteiger partial charge in [0, 0.05) is 19.6 Å². The molecule has 0 radical (unpaired) electrons. The van der Waals surface area contributed by atoms with Crippen LogP contribution in [0.4, 0.5) is 14.4 Å². The second-order valence-corrected chi connectivity index (χ2v) is 4.72. The zero-order valence-corrected chi connectivity index (χ0v) is 14.6. The van der Waals surface area contributed by atoms with Crippen molar-refractivity contribution in [2.24, 2.45) is 0 Å². The van der Waals surface area contributed by atoms with E-state index in [-0.39, 0.29) is 6.61 Å². The molecule has 24 heavy (non-hydrogen) atoms. The SMILES string of the molecule is COC(=O)NCCCN(CCCNC(=O)OC)CCOC(=O)OCl. The number of ether oxygens (including phenoxy) is 3. The first-order valence-corrected chi connectivity index (χ1v) is 7.65. The lowest BCUT2D eigenvalue weighted by atomic mass is 10.3. The molecule has 0 saturated carbocycles. The van der Waals surface area contributed by atoms with Crippen LogP contribution in [0.15, 0.2) is 0 Å². The Bertz CT molecular complexity index is 361. The van der Waals surface area contributed by atoms with Crippen LogP contribution in [0.25, 0.3) is 0 Å². The first-order valence-electron chi connectivity index (χ1n) is 7.34. The second kappa shape index (κ2) is 14.6. The molecule has 0 fully saturated rings. The highest BCUT2D eigenvalue weighted by Crippen LogP contribution is 1.96. The van der Waals surface area contributed by atoms with Gasteiger partial charge in [0.15, 0.2) is 0 Å². The van der Waals surface area contributed by atoms with Gasteiger partial charge in [0.25, 0.3) is 0 Å². The van der Waals surface area contributed by atoms with Gasteiger partial charge in [0.2, 0.25) is 0 Å². The Kier molecular flexibility index (Phi) is 13.5. The van der Waals surface area contributed by atoms with Crippen LogP contribution in [-0.2, 0) is 18.5 Å². The van der Waals surface area contributed by atoms with Crippen molar-refractivity contribution in [1.29, 1.82) is 0 Å². The number of hydrogen-bond donors (Lipinski definition) is 2. The molecule has 0 saturated heterocycles. The van der Waals surface area contributed by atoms with Crippen molar-refractivity contribution >= 4 is 30.2 Å². The normalized spacial score (nSPS) is 10.0. The number of carbonyl (C=O) groups excluding carboxylic acids is 3. The lowest BCUT2D eigenvalue weighted by molar-refractivity contribution is 0.0892. The first-order chi connectivity index (χ1) is 11.5. The molecule has 0 atom stereocenters. The van der Waals surface area contributed by atoms with Gasteiger partial charge >= 0.3 is 18.3 Å². The van der Waals surface area contributed by atoms with Crippen LogP contribution >= 0.6 is 11.9 Å². The van der Waals surface area contributed by atoms with Gasteiger partial charge < -0.3 is 29.1 Å². The Morgan fingerprint density at radius 3 is 1.83 bits per heavy atom. The van der Waals surface area contributed by atoms with Gasteiger partial charge in [-0.25, -0.2) is 14.4 Å². The fraction of sp³-hybridized carbons (Fsp3) is 0.769. The van der Waals surface area contributed by atoms with Crippen LogP contribution in [0.2, 0.25) is 0 Å². The van der Waals surface area contributed by atoms with E-state index in [9.17, 15) is 14.4 Å². The molecule has 2 amide bonds. The number of hydrogen-bond acceptors (Lipinski definition) is 8. The summed E-state index contributed by atoms with van der Waals surface area (Å²) in [5.74, 6) is 0. The third-order valence-electron chi connectivity index (χ3n) is 2.90. The van der Waals surface area contributed by atoms with Crippen LogP contribution in [0.5, 0.6) is 0 Å². The standard InChI is InChI=1S/C13H24ClN3O7/c1-21-11(18)15-5-3-7-17(9-10-23-13(20)24-14)8-4-6-16-12(19)22-2/h3-10H2,1-2H3,(H,15,18)(H,16,19). The Hall–Kier alpha value is -1.94. The summed E-state index contributed by atoms with van der Waals surface area (Å²) in [5.41, 5.74) is 0. The Balaban J connectivity index is 4.05. The van der Waals surface area contributed by atoms with Gasteiger partial charge in [-0.2, -0.15) is 0 Å². The first kappa shape index (κ1) is 22.1. The summed E-state index contributed by atoms with van der Waals surface area (Å²) >= 11 is 4.87. The summed E-state index contributed by atoms with van der Waals surface area (Å²) in [5, 5.41) is 5.15. The summed E-state index contributed by atoms with van der Waals surface area (Å²) in [7, 11) is 2.59. The number of alkyl carbamates (subject to hydrolysis) is 2. The number of carbonyl (C=O) groups is 3. The fourth-order valence-electron chi connectivity index (χ4n) is 1.75. The van der Waals surface area contributed by atoms with Crippen molar-refractivity contribution in [1.82, 2.24) is 15.5 Å². The predicted molar refractivity (Wildman–Crippen MR) is 84.8 cm³/mol. The van der Waals surface area contributed by atoms with Gasteiger partial charge in [-0.1, -0.05) is 0 Å². The summed E-state index contributed by atoms with van der Waals surface area (Å²) in [4.78, 5) is 34.7. The second-order valence-electron chi connectivity index (χ2n) is 4.56. The summed E-state index contributed by atoms with van der Waals surface area (Å²) in [6, 6.07) is 0. The predicted octanol–water partition coefficient (Wildman–Crippen LogP) is 1.09. The Labute approximate surface area is 145 Å². The van der Waals surface area contributed by atoms with E-state index < -0.39 is 18.3 Å². The van der Waals surface area contributed by atoms with E-state index >= 15 is 0 Å². The minimum absolute atomic E-state index is 0.112. The number of amides is 2. The Morgan fingerprint density at radius 1 is 0.917 bits per heavy atom. The number of methoxy groups -OCH3 is 2. The maximum Gasteiger partial charge on any atom is 0.527 e. The van der Waals surface area contributed by atoms with E-state index in [1.165, 1.54) is 14.2 Å². The molecule has 0 aromatic heterocycles. The van der Waals surface area contributed by atoms with Crippen LogP contribution < -0.4 is 10.6 Å². The van der Waals surface area contributed by atoms with Crippen molar-refractivity contribution in [3.63, 3.8) is 0 Å². The average molecular weight is 370 g/mol. The highest BCUT2D eigenvalue weighted by Gasteiger charge is 2.09. The smallest absolute Gasteiger partial charge is 0.453 e. The third-order valence-corrected chi connectivity index (χ3v) is 3.03. The van der Waals surface area contributed by atoms with Gasteiger partial charge in [-0.15, -0.1) is 0 Å². The molecule has 140 valence electrons. The third kappa shape index (κ3) is 12.6. The maximum absolute atomic E-state index is 11.0. The molecule has 0 aliphatic rings. The van der Waals surface area contributed by atoms with E-state index in [1.54, 1.807) is 0 Å². The molecule has 11 heteroatoms. The van der Waals surface area contributed by atoms with Crippen molar-refractivity contribution < 1.29 is 32.9 Å². The zero-order valence-electron chi connectivity index (χ0n) is 13.8. The molecule has 0 spiro atoms. The molecule has 10 nitrogen and oxygen atoms in total. The monoisotopic (exact) mass is 369 g/mol. The molecule has 0 unspecified atom stereocenters. The summed E-state index contributed by atoms with van der Waals surface area (Å²) in [6.07, 6.45) is -0.579. The van der Waals surface area contributed by atoms with Gasteiger partial charge in [-0.3, -0.25) is 4.90 Å². The lowest BCUT2D eigenvalue weighted by Crippen LogP contribution is -2.35.